The Labute approximate surface area is 107 Å². The highest BCUT2D eigenvalue weighted by Gasteiger charge is 2.28. The van der Waals surface area contributed by atoms with E-state index in [1.165, 1.54) is 0 Å². The lowest BCUT2D eigenvalue weighted by molar-refractivity contribution is -0.123. The molecule has 0 radical (unpaired) electrons. The highest BCUT2D eigenvalue weighted by molar-refractivity contribution is 5.80. The summed E-state index contributed by atoms with van der Waals surface area (Å²) in [6.07, 6.45) is 5.40. The zero-order valence-corrected chi connectivity index (χ0v) is 10.5. The van der Waals surface area contributed by atoms with Crippen LogP contribution in [0.5, 0.6) is 0 Å². The molecule has 1 unspecified atom stereocenters. The molecule has 1 aromatic heterocycles. The maximum absolute atomic E-state index is 11.2. The van der Waals surface area contributed by atoms with Crippen LogP contribution in [0.15, 0.2) is 18.5 Å². The minimum atomic E-state index is -0.262. The minimum Gasteiger partial charge on any atom is -0.387 e. The first-order valence-corrected chi connectivity index (χ1v) is 6.12. The predicted octanol–water partition coefficient (Wildman–Crippen LogP) is 0.0776. The summed E-state index contributed by atoms with van der Waals surface area (Å²) < 4.78 is 0. The van der Waals surface area contributed by atoms with Gasteiger partial charge >= 0.3 is 0 Å². The van der Waals surface area contributed by atoms with Crippen LogP contribution >= 0.6 is 0 Å². The first-order valence-electron chi connectivity index (χ1n) is 6.12. The van der Waals surface area contributed by atoms with Crippen molar-refractivity contribution < 1.29 is 4.79 Å². The van der Waals surface area contributed by atoms with Gasteiger partial charge in [-0.15, -0.1) is 0 Å². The fourth-order valence-corrected chi connectivity index (χ4v) is 2.17. The summed E-state index contributed by atoms with van der Waals surface area (Å²) in [5.41, 5.74) is 10.6. The molecular weight excluding hydrogens is 230 g/mol. The second-order valence-electron chi connectivity index (χ2n) is 4.42. The van der Waals surface area contributed by atoms with Crippen molar-refractivity contribution in [3.8, 4) is 0 Å². The zero-order valence-electron chi connectivity index (χ0n) is 10.5. The number of carbonyl (C=O) groups excluding carboxylic acids is 1. The van der Waals surface area contributed by atoms with Crippen LogP contribution < -0.4 is 16.5 Å². The van der Waals surface area contributed by atoms with Gasteiger partial charge in [0, 0.05) is 32.5 Å². The van der Waals surface area contributed by atoms with Crippen molar-refractivity contribution in [3.05, 3.63) is 24.0 Å². The van der Waals surface area contributed by atoms with Crippen LogP contribution in [0.3, 0.4) is 0 Å². The number of anilines is 1. The smallest absolute Gasteiger partial charge is 0.236 e. The van der Waals surface area contributed by atoms with E-state index in [0.29, 0.717) is 6.54 Å². The molecule has 2 heterocycles. The Kier molecular flexibility index (Phi) is 4.11. The normalized spacial score (nSPS) is 19.9. The van der Waals surface area contributed by atoms with Gasteiger partial charge in [0.15, 0.2) is 0 Å². The maximum Gasteiger partial charge on any atom is 0.236 e. The van der Waals surface area contributed by atoms with Crippen molar-refractivity contribution in [2.24, 2.45) is 5.73 Å². The van der Waals surface area contributed by atoms with E-state index in [9.17, 15) is 4.79 Å². The second kappa shape index (κ2) is 5.79. The van der Waals surface area contributed by atoms with Crippen LogP contribution in [0.1, 0.15) is 18.4 Å². The molecule has 4 N–H and O–H groups in total. The lowest BCUT2D eigenvalue weighted by Gasteiger charge is -2.22. The number of primary amides is 1. The van der Waals surface area contributed by atoms with Crippen LogP contribution in [-0.2, 0) is 11.3 Å². The topological polar surface area (TPSA) is 83.3 Å². The summed E-state index contributed by atoms with van der Waals surface area (Å²) in [6, 6.07) is 1.83. The largest absolute Gasteiger partial charge is 0.387 e. The Morgan fingerprint density at radius 2 is 2.44 bits per heavy atom. The lowest BCUT2D eigenvalue weighted by atomic mass is 10.2. The molecule has 1 aromatic rings. The van der Waals surface area contributed by atoms with Gasteiger partial charge in [-0.2, -0.15) is 0 Å². The molecule has 6 heteroatoms. The number of nitrogens with zero attached hydrogens (tertiary/aromatic N) is 2. The van der Waals surface area contributed by atoms with E-state index < -0.39 is 0 Å². The molecule has 0 bridgehead atoms. The fraction of sp³-hybridized carbons (Fsp3) is 0.500. The monoisotopic (exact) mass is 249 g/mol. The summed E-state index contributed by atoms with van der Waals surface area (Å²) in [6.45, 7) is 1.50. The SMILES string of the molecule is CNc1cncc(CNN2CCCC2C(N)=O)c1. The molecule has 1 atom stereocenters. The molecule has 1 aliphatic heterocycles. The number of carbonyl (C=O) groups is 1. The van der Waals surface area contributed by atoms with Gasteiger partial charge in [-0.1, -0.05) is 0 Å². The van der Waals surface area contributed by atoms with Crippen molar-refractivity contribution in [3.63, 3.8) is 0 Å². The van der Waals surface area contributed by atoms with Crippen molar-refractivity contribution >= 4 is 11.6 Å². The van der Waals surface area contributed by atoms with Gasteiger partial charge in [0.1, 0.15) is 6.04 Å². The van der Waals surface area contributed by atoms with Crippen LogP contribution in [-0.4, -0.2) is 35.5 Å². The van der Waals surface area contributed by atoms with Crippen molar-refractivity contribution in [2.45, 2.75) is 25.4 Å². The molecule has 1 amide bonds. The van der Waals surface area contributed by atoms with Gasteiger partial charge in [0.2, 0.25) is 5.91 Å². The molecule has 0 saturated carbocycles. The van der Waals surface area contributed by atoms with E-state index in [-0.39, 0.29) is 11.9 Å². The van der Waals surface area contributed by atoms with Crippen LogP contribution in [0.25, 0.3) is 0 Å². The minimum absolute atomic E-state index is 0.189. The number of hydrogen-bond acceptors (Lipinski definition) is 5. The molecule has 0 aliphatic carbocycles. The maximum atomic E-state index is 11.2. The standard InChI is InChI=1S/C12H19N5O/c1-14-10-5-9(6-15-8-10)7-16-17-4-2-3-11(17)12(13)18/h5-6,8,11,14,16H,2-4,7H2,1H3,(H2,13,18). The summed E-state index contributed by atoms with van der Waals surface area (Å²) in [7, 11) is 1.86. The van der Waals surface area contributed by atoms with Gasteiger partial charge in [0.05, 0.1) is 5.69 Å². The quantitative estimate of drug-likeness (QED) is 0.688. The van der Waals surface area contributed by atoms with E-state index in [0.717, 1.165) is 30.6 Å². The number of hydrazine groups is 1. The van der Waals surface area contributed by atoms with Crippen LogP contribution in [0, 0.1) is 0 Å². The van der Waals surface area contributed by atoms with E-state index in [4.69, 9.17) is 5.73 Å². The summed E-state index contributed by atoms with van der Waals surface area (Å²) in [4.78, 5) is 15.4. The highest BCUT2D eigenvalue weighted by Crippen LogP contribution is 2.15. The molecule has 0 spiro atoms. The molecule has 0 aromatic carbocycles. The summed E-state index contributed by atoms with van der Waals surface area (Å²) in [5.74, 6) is -0.262. The zero-order chi connectivity index (χ0) is 13.0. The molecule has 1 fully saturated rings. The first kappa shape index (κ1) is 12.8. The number of hydrogen-bond donors (Lipinski definition) is 3. The number of nitrogens with two attached hydrogens (primary N) is 1. The molecule has 1 saturated heterocycles. The third-order valence-electron chi connectivity index (χ3n) is 3.15. The average Bonchev–Trinajstić information content (AvgIpc) is 2.85. The molecule has 2 rings (SSSR count). The second-order valence-corrected chi connectivity index (χ2v) is 4.42. The Hall–Kier alpha value is -1.66. The number of rotatable bonds is 5. The van der Waals surface area contributed by atoms with Gasteiger partial charge < -0.3 is 11.1 Å². The average molecular weight is 249 g/mol. The van der Waals surface area contributed by atoms with Crippen LogP contribution in [0.2, 0.25) is 0 Å². The highest BCUT2D eigenvalue weighted by atomic mass is 16.1. The summed E-state index contributed by atoms with van der Waals surface area (Å²) >= 11 is 0. The third kappa shape index (κ3) is 2.96. The molecule has 98 valence electrons. The molecule has 1 aliphatic rings. The molecule has 18 heavy (non-hydrogen) atoms. The Bertz CT molecular complexity index is 423. The molecule has 6 nitrogen and oxygen atoms in total. The first-order chi connectivity index (χ1) is 8.70. The Morgan fingerprint density at radius 1 is 1.61 bits per heavy atom. The van der Waals surface area contributed by atoms with Crippen molar-refractivity contribution in [2.75, 3.05) is 18.9 Å². The van der Waals surface area contributed by atoms with E-state index in [2.05, 4.69) is 15.7 Å². The lowest BCUT2D eigenvalue weighted by Crippen LogP contribution is -2.47. The van der Waals surface area contributed by atoms with Crippen LogP contribution in [0.4, 0.5) is 5.69 Å². The van der Waals surface area contributed by atoms with Gasteiger partial charge in [-0.05, 0) is 24.5 Å². The fourth-order valence-electron chi connectivity index (χ4n) is 2.17. The third-order valence-corrected chi connectivity index (χ3v) is 3.15. The predicted molar refractivity (Wildman–Crippen MR) is 69.5 cm³/mol. The Balaban J connectivity index is 1.92. The van der Waals surface area contributed by atoms with Gasteiger partial charge in [-0.3, -0.25) is 9.78 Å². The van der Waals surface area contributed by atoms with Crippen molar-refractivity contribution in [1.82, 2.24) is 15.4 Å². The molecular formula is C12H19N5O. The van der Waals surface area contributed by atoms with E-state index in [1.807, 2.05) is 24.3 Å². The number of nitrogens with one attached hydrogen (secondary N) is 2. The van der Waals surface area contributed by atoms with Crippen molar-refractivity contribution in [1.29, 1.82) is 0 Å². The van der Waals surface area contributed by atoms with Gasteiger partial charge in [0.25, 0.3) is 0 Å². The van der Waals surface area contributed by atoms with E-state index in [1.54, 1.807) is 6.20 Å². The number of amides is 1. The van der Waals surface area contributed by atoms with Gasteiger partial charge in [-0.25, -0.2) is 10.4 Å². The number of pyridine rings is 1. The summed E-state index contributed by atoms with van der Waals surface area (Å²) in [5, 5.41) is 4.97. The van der Waals surface area contributed by atoms with E-state index >= 15 is 0 Å². The Morgan fingerprint density at radius 3 is 3.17 bits per heavy atom. The number of aromatic nitrogens is 1.